The summed E-state index contributed by atoms with van der Waals surface area (Å²) in [7, 11) is 1.90. The van der Waals surface area contributed by atoms with E-state index in [-0.39, 0.29) is 5.25 Å². The van der Waals surface area contributed by atoms with E-state index in [1.54, 1.807) is 24.8 Å². The maximum Gasteiger partial charge on any atom is 0.232 e. The number of nitrogens with two attached hydrogens (primary N) is 1. The Balaban J connectivity index is 1.62. The van der Waals surface area contributed by atoms with E-state index in [1.807, 2.05) is 34.5 Å². The highest BCUT2D eigenvalue weighted by Crippen LogP contribution is 2.45. The molecule has 1 saturated carbocycles. The lowest BCUT2D eigenvalue weighted by atomic mass is 10.0. The summed E-state index contributed by atoms with van der Waals surface area (Å²) in [6.45, 7) is 0. The SMILES string of the molecule is Cn1nccc1-c1cc(-c2cnc3cnccn23)nc2sc([S@+]([O-])C3CCC3)c(N)c12. The third-order valence-corrected chi connectivity index (χ3v) is 9.18. The standard InChI is InChI=1S/C21H19N7OS2/c1-27-15(5-6-25-27)13-9-14(16-10-24-17-11-23-7-8-28(16)17)26-20-18(13)19(22)21(30-20)31(29)12-3-2-4-12/h5-12H,2-4,22H2,1H3/t31-/m1/s1. The van der Waals surface area contributed by atoms with Crippen molar-refractivity contribution in [3.05, 3.63) is 43.1 Å². The molecule has 2 N–H and O–H groups in total. The number of imidazole rings is 1. The number of thiophene rings is 1. The van der Waals surface area contributed by atoms with Crippen LogP contribution in [0.3, 0.4) is 0 Å². The zero-order valence-electron chi connectivity index (χ0n) is 16.7. The second-order valence-corrected chi connectivity index (χ2v) is 10.6. The number of hydrogen-bond donors (Lipinski definition) is 1. The average Bonchev–Trinajstić information content (AvgIpc) is 3.43. The number of hydrogen-bond acceptors (Lipinski definition) is 7. The number of nitrogen functional groups attached to an aromatic ring is 1. The molecule has 31 heavy (non-hydrogen) atoms. The van der Waals surface area contributed by atoms with Gasteiger partial charge in [0, 0.05) is 47.8 Å². The van der Waals surface area contributed by atoms with Crippen LogP contribution in [-0.2, 0) is 18.2 Å². The molecule has 1 aliphatic carbocycles. The lowest BCUT2D eigenvalue weighted by Gasteiger charge is -2.27. The molecule has 0 saturated heterocycles. The van der Waals surface area contributed by atoms with Crippen molar-refractivity contribution in [3.63, 3.8) is 0 Å². The molecule has 1 fully saturated rings. The Kier molecular flexibility index (Phi) is 4.27. The van der Waals surface area contributed by atoms with Crippen molar-refractivity contribution >= 4 is 44.1 Å². The van der Waals surface area contributed by atoms with Gasteiger partial charge in [-0.2, -0.15) is 5.10 Å². The van der Waals surface area contributed by atoms with Gasteiger partial charge in [-0.3, -0.25) is 14.1 Å². The molecule has 6 rings (SSSR count). The molecule has 5 aromatic heterocycles. The van der Waals surface area contributed by atoms with Crippen LogP contribution < -0.4 is 5.73 Å². The van der Waals surface area contributed by atoms with Gasteiger partial charge in [-0.05, 0) is 31.4 Å². The minimum atomic E-state index is -1.11. The number of fused-ring (bicyclic) bond motifs is 2. The molecule has 0 aliphatic heterocycles. The van der Waals surface area contributed by atoms with E-state index >= 15 is 0 Å². The van der Waals surface area contributed by atoms with Gasteiger partial charge in [0.05, 0.1) is 29.5 Å². The van der Waals surface area contributed by atoms with Crippen LogP contribution in [0.4, 0.5) is 5.69 Å². The maximum absolute atomic E-state index is 13.1. The van der Waals surface area contributed by atoms with Gasteiger partial charge in [0.2, 0.25) is 4.21 Å². The molecule has 5 aromatic rings. The number of aromatic nitrogens is 6. The van der Waals surface area contributed by atoms with Crippen LogP contribution in [0, 0.1) is 0 Å². The van der Waals surface area contributed by atoms with Gasteiger partial charge in [0.1, 0.15) is 15.8 Å². The number of nitrogens with zero attached hydrogens (tertiary/aromatic N) is 6. The van der Waals surface area contributed by atoms with Crippen molar-refractivity contribution in [1.29, 1.82) is 0 Å². The van der Waals surface area contributed by atoms with E-state index in [4.69, 9.17) is 10.7 Å². The molecule has 0 aromatic carbocycles. The van der Waals surface area contributed by atoms with E-state index in [2.05, 4.69) is 15.1 Å². The van der Waals surface area contributed by atoms with Gasteiger partial charge >= 0.3 is 0 Å². The normalized spacial score (nSPS) is 15.5. The van der Waals surface area contributed by atoms with Crippen molar-refractivity contribution in [1.82, 2.24) is 29.1 Å². The Morgan fingerprint density at radius 2 is 2.10 bits per heavy atom. The van der Waals surface area contributed by atoms with Crippen molar-refractivity contribution in [2.24, 2.45) is 7.05 Å². The third-order valence-electron chi connectivity index (χ3n) is 5.88. The molecule has 0 unspecified atom stereocenters. The van der Waals surface area contributed by atoms with Gasteiger partial charge in [-0.25, -0.2) is 9.97 Å². The van der Waals surface area contributed by atoms with Crippen LogP contribution >= 0.6 is 11.3 Å². The average molecular weight is 450 g/mol. The van der Waals surface area contributed by atoms with Gasteiger partial charge in [0.25, 0.3) is 0 Å². The van der Waals surface area contributed by atoms with E-state index in [1.165, 1.54) is 11.3 Å². The van der Waals surface area contributed by atoms with E-state index in [9.17, 15) is 4.55 Å². The first-order valence-corrected chi connectivity index (χ1v) is 12.0. The summed E-state index contributed by atoms with van der Waals surface area (Å²) in [4.78, 5) is 14.3. The predicted molar refractivity (Wildman–Crippen MR) is 122 cm³/mol. The highest BCUT2D eigenvalue weighted by atomic mass is 32.2. The van der Waals surface area contributed by atoms with Crippen molar-refractivity contribution < 1.29 is 4.55 Å². The molecule has 0 radical (unpaired) electrons. The van der Waals surface area contributed by atoms with Crippen LogP contribution in [0.1, 0.15) is 19.3 Å². The fourth-order valence-electron chi connectivity index (χ4n) is 3.99. The van der Waals surface area contributed by atoms with Crippen LogP contribution in [-0.4, -0.2) is 38.9 Å². The fraction of sp³-hybridized carbons (Fsp3) is 0.238. The minimum absolute atomic E-state index is 0.196. The zero-order chi connectivity index (χ0) is 21.1. The Morgan fingerprint density at radius 3 is 2.84 bits per heavy atom. The van der Waals surface area contributed by atoms with Crippen molar-refractivity contribution in [3.8, 4) is 22.6 Å². The molecular weight excluding hydrogens is 430 g/mol. The summed E-state index contributed by atoms with van der Waals surface area (Å²) < 4.78 is 17.7. The molecular formula is C21H19N7OS2. The van der Waals surface area contributed by atoms with E-state index in [0.717, 1.165) is 62.0 Å². The second-order valence-electron chi connectivity index (χ2n) is 7.68. The first-order valence-electron chi connectivity index (χ1n) is 10.0. The summed E-state index contributed by atoms with van der Waals surface area (Å²) in [5.74, 6) is 0. The summed E-state index contributed by atoms with van der Waals surface area (Å²) in [5.41, 5.74) is 11.4. The molecule has 0 spiro atoms. The zero-order valence-corrected chi connectivity index (χ0v) is 18.4. The Bertz CT molecular complexity index is 1430. The summed E-state index contributed by atoms with van der Waals surface area (Å²) in [6, 6.07) is 3.97. The highest BCUT2D eigenvalue weighted by Gasteiger charge is 2.35. The van der Waals surface area contributed by atoms with Gasteiger partial charge in [-0.15, -0.1) is 0 Å². The second kappa shape index (κ2) is 7.04. The maximum atomic E-state index is 13.1. The Hall–Kier alpha value is -2.95. The molecule has 5 heterocycles. The summed E-state index contributed by atoms with van der Waals surface area (Å²) in [6.07, 6.45) is 12.0. The van der Waals surface area contributed by atoms with Gasteiger partial charge in [0.15, 0.2) is 5.65 Å². The van der Waals surface area contributed by atoms with Crippen molar-refractivity contribution in [2.45, 2.75) is 28.7 Å². The minimum Gasteiger partial charge on any atom is -0.611 e. The number of rotatable bonds is 4. The van der Waals surface area contributed by atoms with Crippen LogP contribution in [0.5, 0.6) is 0 Å². The molecule has 1 aliphatic rings. The number of pyridine rings is 1. The van der Waals surface area contributed by atoms with Crippen LogP contribution in [0.25, 0.3) is 38.5 Å². The van der Waals surface area contributed by atoms with E-state index < -0.39 is 11.2 Å². The van der Waals surface area contributed by atoms with Crippen LogP contribution in [0.15, 0.2) is 47.3 Å². The molecule has 1 atom stereocenters. The van der Waals surface area contributed by atoms with Crippen molar-refractivity contribution in [2.75, 3.05) is 5.73 Å². The molecule has 0 bridgehead atoms. The smallest absolute Gasteiger partial charge is 0.232 e. The molecule has 0 amide bonds. The summed E-state index contributed by atoms with van der Waals surface area (Å²) in [5, 5.41) is 5.38. The molecule has 156 valence electrons. The van der Waals surface area contributed by atoms with Crippen LogP contribution in [0.2, 0.25) is 0 Å². The fourth-order valence-corrected chi connectivity index (χ4v) is 7.20. The molecule has 8 nitrogen and oxygen atoms in total. The Morgan fingerprint density at radius 1 is 1.23 bits per heavy atom. The molecule has 10 heteroatoms. The third kappa shape index (κ3) is 2.86. The largest absolute Gasteiger partial charge is 0.611 e. The highest BCUT2D eigenvalue weighted by molar-refractivity contribution is 7.94. The van der Waals surface area contributed by atoms with Gasteiger partial charge in [-0.1, -0.05) is 11.3 Å². The number of anilines is 1. The lowest BCUT2D eigenvalue weighted by Crippen LogP contribution is -2.28. The quantitative estimate of drug-likeness (QED) is 0.419. The summed E-state index contributed by atoms with van der Waals surface area (Å²) >= 11 is 0.329. The van der Waals surface area contributed by atoms with Gasteiger partial charge < -0.3 is 10.3 Å². The Labute approximate surface area is 185 Å². The number of aryl methyl sites for hydroxylation is 1. The predicted octanol–water partition coefficient (Wildman–Crippen LogP) is 3.65. The topological polar surface area (TPSA) is 110 Å². The first kappa shape index (κ1) is 18.8. The van der Waals surface area contributed by atoms with E-state index in [0.29, 0.717) is 5.69 Å². The lowest BCUT2D eigenvalue weighted by molar-refractivity contribution is 0.478. The monoisotopic (exact) mass is 449 g/mol. The first-order chi connectivity index (χ1) is 15.1.